The quantitative estimate of drug-likeness (QED) is 0.273. The molecule has 0 amide bonds. The number of esters is 3. The van der Waals surface area contributed by atoms with Crippen LogP contribution in [0.1, 0.15) is 31.1 Å². The van der Waals surface area contributed by atoms with Gasteiger partial charge in [-0.1, -0.05) is 54.6 Å². The minimum absolute atomic E-state index is 0.282. The summed E-state index contributed by atoms with van der Waals surface area (Å²) in [6.45, 7) is -0.282. The molecule has 1 heterocycles. The molecule has 4 rings (SSSR count). The van der Waals surface area contributed by atoms with Crippen molar-refractivity contribution < 1.29 is 33.3 Å². The predicted molar refractivity (Wildman–Crippen MR) is 131 cm³/mol. The van der Waals surface area contributed by atoms with Gasteiger partial charge in [-0.25, -0.2) is 14.4 Å². The van der Waals surface area contributed by atoms with E-state index >= 15 is 0 Å². The number of ether oxygens (including phenoxy) is 4. The van der Waals surface area contributed by atoms with Crippen LogP contribution in [-0.4, -0.2) is 48.9 Å². The average Bonchev–Trinajstić information content (AvgIpc) is 3.24. The summed E-state index contributed by atoms with van der Waals surface area (Å²) in [4.78, 5) is 38.2. The molecule has 3 aromatic carbocycles. The van der Waals surface area contributed by atoms with Crippen molar-refractivity contribution in [3.05, 3.63) is 112 Å². The first-order chi connectivity index (χ1) is 17.6. The lowest BCUT2D eigenvalue weighted by atomic mass is 10.1. The van der Waals surface area contributed by atoms with Crippen LogP contribution >= 0.6 is 0 Å². The highest BCUT2D eigenvalue weighted by Crippen LogP contribution is 2.29. The highest BCUT2D eigenvalue weighted by molar-refractivity contribution is 7.61. The van der Waals surface area contributed by atoms with Crippen LogP contribution in [0.15, 0.2) is 91.0 Å². The molecule has 0 saturated carbocycles. The standard InChI is InChI=1S/C27H21NO7S/c29-25(18-10-4-1-5-11-18)32-17-22-24(35-27(31)20-14-8-3-9-15-20)23(21(33-22)16-28-36)34-26(30)19-12-6-2-7-13-19/h1-15,21-24H,17H2/t21-,22+,23-,24+/m0/s1. The lowest BCUT2D eigenvalue weighted by Crippen LogP contribution is -2.41. The topological polar surface area (TPSA) is 92.5 Å². The van der Waals surface area contributed by atoms with Crippen LogP contribution in [0.2, 0.25) is 0 Å². The zero-order valence-corrected chi connectivity index (χ0v) is 19.7. The van der Waals surface area contributed by atoms with E-state index < -0.39 is 42.3 Å². The van der Waals surface area contributed by atoms with Gasteiger partial charge in [0.15, 0.2) is 12.2 Å². The van der Waals surface area contributed by atoms with E-state index in [1.54, 1.807) is 91.0 Å². The van der Waals surface area contributed by atoms with E-state index in [1.807, 2.05) is 0 Å². The Morgan fingerprint density at radius 1 is 0.722 bits per heavy atom. The number of nitrogens with zero attached hydrogens (tertiary/aromatic N) is 1. The molecule has 0 spiro atoms. The summed E-state index contributed by atoms with van der Waals surface area (Å²) in [5, 5.41) is 0. The molecule has 182 valence electrons. The number of hydrogen-bond donors (Lipinski definition) is 0. The van der Waals surface area contributed by atoms with Gasteiger partial charge < -0.3 is 18.9 Å². The molecule has 0 aromatic heterocycles. The molecular weight excluding hydrogens is 482 g/mol. The first-order valence-electron chi connectivity index (χ1n) is 11.0. The van der Waals surface area contributed by atoms with Crippen LogP contribution in [0, 0.1) is 6.07 Å². The average molecular weight is 504 g/mol. The second kappa shape index (κ2) is 11.9. The minimum atomic E-state index is -1.14. The van der Waals surface area contributed by atoms with Gasteiger partial charge in [0, 0.05) is 0 Å². The molecule has 36 heavy (non-hydrogen) atoms. The smallest absolute Gasteiger partial charge is 0.338 e. The predicted octanol–water partition coefficient (Wildman–Crippen LogP) is 3.86. The third-order valence-electron chi connectivity index (χ3n) is 5.38. The summed E-state index contributed by atoms with van der Waals surface area (Å²) in [7, 11) is 0. The molecule has 8 nitrogen and oxygen atoms in total. The molecule has 9 heteroatoms. The molecule has 0 aliphatic carbocycles. The third kappa shape index (κ3) is 6.05. The minimum Gasteiger partial charge on any atom is -0.459 e. The fraction of sp³-hybridized carbons (Fsp3) is 0.185. The Bertz CT molecular complexity index is 1260. The Labute approximate surface area is 213 Å². The van der Waals surface area contributed by atoms with Crippen molar-refractivity contribution in [2.75, 3.05) is 6.61 Å². The first kappa shape index (κ1) is 24.9. The normalized spacial score (nSPS) is 20.4. The maximum absolute atomic E-state index is 12.9. The van der Waals surface area contributed by atoms with Gasteiger partial charge >= 0.3 is 17.9 Å². The monoisotopic (exact) mass is 503 g/mol. The molecule has 0 radical (unpaired) electrons. The van der Waals surface area contributed by atoms with E-state index in [0.29, 0.717) is 11.1 Å². The summed E-state index contributed by atoms with van der Waals surface area (Å²) in [5.41, 5.74) is 0.921. The van der Waals surface area contributed by atoms with Crippen LogP contribution in [0.3, 0.4) is 0 Å². The van der Waals surface area contributed by atoms with Gasteiger partial charge in [0.2, 0.25) is 6.10 Å². The number of carbonyl (C=O) groups is 3. The van der Waals surface area contributed by atoms with Crippen molar-refractivity contribution in [2.24, 2.45) is 0 Å². The summed E-state index contributed by atoms with van der Waals surface area (Å²) in [6.07, 6.45) is -4.31. The molecule has 1 saturated heterocycles. The van der Waals surface area contributed by atoms with Gasteiger partial charge in [0.05, 0.1) is 16.7 Å². The second-order valence-corrected chi connectivity index (χ2v) is 7.93. The van der Waals surface area contributed by atoms with Gasteiger partial charge in [0.1, 0.15) is 12.7 Å². The highest BCUT2D eigenvalue weighted by Gasteiger charge is 2.52. The number of rotatable bonds is 7. The van der Waals surface area contributed by atoms with Gasteiger partial charge in [0.25, 0.3) is 6.07 Å². The van der Waals surface area contributed by atoms with Gasteiger partial charge in [-0.2, -0.15) is 4.25 Å². The SMILES string of the molecule is O=C(OC[C@H]1O[C@@H](C#[N+][S-])[C@H](OC(=O)c2ccccc2)[C@@H]1OC(=O)c1ccccc1)c1ccccc1. The summed E-state index contributed by atoms with van der Waals surface area (Å²) in [6, 6.07) is 27.6. The zero-order valence-electron chi connectivity index (χ0n) is 18.9. The molecule has 3 aromatic rings. The van der Waals surface area contributed by atoms with Crippen LogP contribution in [-0.2, 0) is 31.8 Å². The molecule has 1 fully saturated rings. The molecule has 1 aliphatic rings. The first-order valence-corrected chi connectivity index (χ1v) is 11.4. The van der Waals surface area contributed by atoms with Crippen molar-refractivity contribution in [3.8, 4) is 6.07 Å². The highest BCUT2D eigenvalue weighted by atomic mass is 32.1. The molecule has 4 atom stereocenters. The lowest BCUT2D eigenvalue weighted by molar-refractivity contribution is -0.0437. The van der Waals surface area contributed by atoms with E-state index in [4.69, 9.17) is 18.9 Å². The van der Waals surface area contributed by atoms with Crippen LogP contribution in [0.25, 0.3) is 4.25 Å². The number of carbonyl (C=O) groups excluding carboxylic acids is 3. The van der Waals surface area contributed by atoms with E-state index in [1.165, 1.54) is 0 Å². The molecule has 1 aliphatic heterocycles. The van der Waals surface area contributed by atoms with Crippen molar-refractivity contribution >= 4 is 30.7 Å². The number of hydrogen-bond acceptors (Lipinski definition) is 8. The fourth-order valence-electron chi connectivity index (χ4n) is 3.64. The lowest BCUT2D eigenvalue weighted by Gasteiger charge is -2.23. The third-order valence-corrected chi connectivity index (χ3v) is 5.49. The molecular formula is C27H21NO7S. The zero-order chi connectivity index (χ0) is 25.3. The largest absolute Gasteiger partial charge is 0.459 e. The maximum atomic E-state index is 12.9. The van der Waals surface area contributed by atoms with Gasteiger partial charge in [-0.3, -0.25) is 12.8 Å². The molecule has 0 bridgehead atoms. The summed E-state index contributed by atoms with van der Waals surface area (Å²) < 4.78 is 26.2. The summed E-state index contributed by atoms with van der Waals surface area (Å²) >= 11 is 4.66. The van der Waals surface area contributed by atoms with Crippen molar-refractivity contribution in [2.45, 2.75) is 24.4 Å². The Balaban J connectivity index is 1.57. The van der Waals surface area contributed by atoms with Gasteiger partial charge in [-0.15, -0.1) is 0 Å². The Morgan fingerprint density at radius 2 is 1.17 bits per heavy atom. The summed E-state index contributed by atoms with van der Waals surface area (Å²) in [5.74, 6) is -1.92. The Kier molecular flexibility index (Phi) is 8.24. The van der Waals surface area contributed by atoms with Crippen molar-refractivity contribution in [3.63, 3.8) is 0 Å². The number of benzene rings is 3. The van der Waals surface area contributed by atoms with E-state index in [0.717, 1.165) is 0 Å². The van der Waals surface area contributed by atoms with Crippen LogP contribution < -0.4 is 0 Å². The van der Waals surface area contributed by atoms with E-state index in [-0.39, 0.29) is 12.2 Å². The fourth-order valence-corrected chi connectivity index (χ4v) is 3.74. The van der Waals surface area contributed by atoms with Crippen LogP contribution in [0.5, 0.6) is 0 Å². The van der Waals surface area contributed by atoms with Crippen LogP contribution in [0.4, 0.5) is 0 Å². The Hall–Kier alpha value is -4.26. The van der Waals surface area contributed by atoms with Gasteiger partial charge in [-0.05, 0) is 36.4 Å². The molecule has 0 unspecified atom stereocenters. The van der Waals surface area contributed by atoms with E-state index in [9.17, 15) is 14.4 Å². The second-order valence-electron chi connectivity index (χ2n) is 7.75. The molecule has 0 N–H and O–H groups in total. The maximum Gasteiger partial charge on any atom is 0.338 e. The Morgan fingerprint density at radius 3 is 1.64 bits per heavy atom. The van der Waals surface area contributed by atoms with Crippen molar-refractivity contribution in [1.82, 2.24) is 0 Å². The van der Waals surface area contributed by atoms with Crippen molar-refractivity contribution in [1.29, 1.82) is 0 Å². The van der Waals surface area contributed by atoms with E-state index in [2.05, 4.69) is 23.1 Å².